The Hall–Kier alpha value is -1.48. The van der Waals surface area contributed by atoms with Gasteiger partial charge in [-0.05, 0) is 55.8 Å². The first-order valence-electron chi connectivity index (χ1n) is 9.67. The van der Waals surface area contributed by atoms with Crippen LogP contribution in [0.25, 0.3) is 0 Å². The molecule has 1 aromatic carbocycles. The molecule has 1 amide bonds. The zero-order valence-corrected chi connectivity index (χ0v) is 16.3. The molecule has 0 bridgehead atoms. The van der Waals surface area contributed by atoms with Gasteiger partial charge >= 0.3 is 0 Å². The molecule has 2 aliphatic rings. The molecule has 3 rings (SSSR count). The van der Waals surface area contributed by atoms with Crippen molar-refractivity contribution < 1.29 is 17.9 Å². The van der Waals surface area contributed by atoms with E-state index in [0.29, 0.717) is 26.2 Å². The molecule has 1 saturated heterocycles. The summed E-state index contributed by atoms with van der Waals surface area (Å²) in [5, 5.41) is 2.95. The Bertz CT molecular complexity index is 730. The van der Waals surface area contributed by atoms with E-state index in [1.165, 1.54) is 0 Å². The van der Waals surface area contributed by atoms with Gasteiger partial charge in [-0.25, -0.2) is 13.1 Å². The Morgan fingerprint density at radius 3 is 2.59 bits per heavy atom. The number of benzene rings is 1. The highest BCUT2D eigenvalue weighted by atomic mass is 32.2. The molecule has 1 saturated carbocycles. The number of hydrogen-bond acceptors (Lipinski definition) is 5. The van der Waals surface area contributed by atoms with Crippen molar-refractivity contribution in [1.82, 2.24) is 10.0 Å². The molecule has 1 heterocycles. The van der Waals surface area contributed by atoms with Gasteiger partial charge in [0.25, 0.3) is 0 Å². The minimum absolute atomic E-state index is 0.00310. The van der Waals surface area contributed by atoms with Crippen molar-refractivity contribution >= 4 is 15.9 Å². The molecule has 27 heavy (non-hydrogen) atoms. The fourth-order valence-corrected chi connectivity index (χ4v) is 4.93. The topological polar surface area (TPSA) is 111 Å². The van der Waals surface area contributed by atoms with Crippen LogP contribution >= 0.6 is 0 Å². The van der Waals surface area contributed by atoms with Crippen LogP contribution in [0.4, 0.5) is 0 Å². The van der Waals surface area contributed by atoms with Gasteiger partial charge in [0.05, 0.1) is 11.0 Å². The van der Waals surface area contributed by atoms with E-state index in [2.05, 4.69) is 10.0 Å². The smallest absolute Gasteiger partial charge is 0.240 e. The second-order valence-electron chi connectivity index (χ2n) is 7.38. The van der Waals surface area contributed by atoms with Gasteiger partial charge in [0.15, 0.2) is 0 Å². The number of nitrogens with one attached hydrogen (secondary N) is 2. The molecule has 1 aliphatic heterocycles. The number of carbonyl (C=O) groups excluding carboxylic acids is 1. The van der Waals surface area contributed by atoms with Gasteiger partial charge in [-0.1, -0.05) is 18.6 Å². The van der Waals surface area contributed by atoms with Crippen LogP contribution in [-0.2, 0) is 26.1 Å². The largest absolute Gasteiger partial charge is 0.377 e. The van der Waals surface area contributed by atoms with Crippen molar-refractivity contribution in [3.63, 3.8) is 0 Å². The highest BCUT2D eigenvalue weighted by molar-refractivity contribution is 7.89. The van der Waals surface area contributed by atoms with E-state index in [9.17, 15) is 13.2 Å². The summed E-state index contributed by atoms with van der Waals surface area (Å²) >= 11 is 0. The van der Waals surface area contributed by atoms with Crippen molar-refractivity contribution in [2.45, 2.75) is 49.6 Å². The normalized spacial score (nSPS) is 25.6. The Kier molecular flexibility index (Phi) is 6.86. The van der Waals surface area contributed by atoms with Crippen LogP contribution in [0.5, 0.6) is 0 Å². The highest BCUT2D eigenvalue weighted by Gasteiger charge is 2.31. The molecule has 0 aromatic heterocycles. The van der Waals surface area contributed by atoms with Gasteiger partial charge in [-0.3, -0.25) is 4.79 Å². The standard InChI is InChI=1S/C19H29N3O4S/c20-11-15-3-1-5-18(15)19(23)21-12-14-6-8-17(9-7-14)27(24,25)22-13-16-4-2-10-26-16/h6-9,15-16,18,22H,1-5,10-13,20H2,(H,21,23)/t15-,16?,18-/m1/s1. The van der Waals surface area contributed by atoms with E-state index in [4.69, 9.17) is 10.5 Å². The van der Waals surface area contributed by atoms with Crippen LogP contribution in [0.2, 0.25) is 0 Å². The molecule has 150 valence electrons. The average molecular weight is 396 g/mol. The summed E-state index contributed by atoms with van der Waals surface area (Å²) in [7, 11) is -3.55. The van der Waals surface area contributed by atoms with Gasteiger partial charge in [-0.2, -0.15) is 0 Å². The lowest BCUT2D eigenvalue weighted by molar-refractivity contribution is -0.126. The van der Waals surface area contributed by atoms with Crippen LogP contribution in [0, 0.1) is 11.8 Å². The second kappa shape index (κ2) is 9.14. The lowest BCUT2D eigenvalue weighted by Crippen LogP contribution is -2.34. The zero-order valence-electron chi connectivity index (χ0n) is 15.5. The average Bonchev–Trinajstić information content (AvgIpc) is 3.36. The molecule has 0 radical (unpaired) electrons. The summed E-state index contributed by atoms with van der Waals surface area (Å²) in [5.41, 5.74) is 6.60. The Labute approximate surface area is 161 Å². The lowest BCUT2D eigenvalue weighted by atomic mass is 9.95. The van der Waals surface area contributed by atoms with Gasteiger partial charge in [-0.15, -0.1) is 0 Å². The summed E-state index contributed by atoms with van der Waals surface area (Å²) in [6.45, 7) is 1.92. The molecule has 7 nitrogen and oxygen atoms in total. The molecule has 4 N–H and O–H groups in total. The molecule has 1 aliphatic carbocycles. The maximum atomic E-state index is 12.4. The number of amides is 1. The SMILES string of the molecule is NC[C@H]1CCC[C@H]1C(=O)NCc1ccc(S(=O)(=O)NCC2CCCO2)cc1. The predicted octanol–water partition coefficient (Wildman–Crippen LogP) is 1.14. The number of hydrogen-bond donors (Lipinski definition) is 3. The van der Waals surface area contributed by atoms with E-state index in [1.54, 1.807) is 24.3 Å². The summed E-state index contributed by atoms with van der Waals surface area (Å²) < 4.78 is 32.8. The fourth-order valence-electron chi connectivity index (χ4n) is 3.86. The van der Waals surface area contributed by atoms with Crippen LogP contribution < -0.4 is 15.8 Å². The third-order valence-corrected chi connectivity index (χ3v) is 6.96. The Morgan fingerprint density at radius 1 is 1.15 bits per heavy atom. The number of carbonyl (C=O) groups is 1. The third-order valence-electron chi connectivity index (χ3n) is 5.52. The molecule has 8 heteroatoms. The second-order valence-corrected chi connectivity index (χ2v) is 9.15. The molecular weight excluding hydrogens is 366 g/mol. The van der Waals surface area contributed by atoms with Gasteiger partial charge < -0.3 is 15.8 Å². The molecular formula is C19H29N3O4S. The van der Waals surface area contributed by atoms with E-state index >= 15 is 0 Å². The fraction of sp³-hybridized carbons (Fsp3) is 0.632. The zero-order chi connectivity index (χ0) is 19.3. The monoisotopic (exact) mass is 395 g/mol. The maximum Gasteiger partial charge on any atom is 0.240 e. The number of sulfonamides is 1. The van der Waals surface area contributed by atoms with Crippen molar-refractivity contribution in [1.29, 1.82) is 0 Å². The van der Waals surface area contributed by atoms with E-state index in [1.807, 2.05) is 0 Å². The summed E-state index contributed by atoms with van der Waals surface area (Å²) in [6.07, 6.45) is 4.77. The first kappa shape index (κ1) is 20.3. The molecule has 1 unspecified atom stereocenters. The minimum Gasteiger partial charge on any atom is -0.377 e. The molecule has 3 atom stereocenters. The number of ether oxygens (including phenoxy) is 1. The highest BCUT2D eigenvalue weighted by Crippen LogP contribution is 2.31. The van der Waals surface area contributed by atoms with Crippen molar-refractivity contribution in [3.05, 3.63) is 29.8 Å². The van der Waals surface area contributed by atoms with Crippen LogP contribution in [0.3, 0.4) is 0 Å². The first-order chi connectivity index (χ1) is 13.0. The predicted molar refractivity (Wildman–Crippen MR) is 102 cm³/mol. The molecule has 1 aromatic rings. The molecule has 2 fully saturated rings. The summed E-state index contributed by atoms with van der Waals surface area (Å²) in [6, 6.07) is 6.60. The van der Waals surface area contributed by atoms with E-state index in [-0.39, 0.29) is 28.7 Å². The van der Waals surface area contributed by atoms with Crippen molar-refractivity contribution in [2.75, 3.05) is 19.7 Å². The summed E-state index contributed by atoms with van der Waals surface area (Å²) in [5.74, 6) is 0.307. The van der Waals surface area contributed by atoms with Crippen LogP contribution in [-0.4, -0.2) is 40.1 Å². The molecule has 0 spiro atoms. The minimum atomic E-state index is -3.55. The van der Waals surface area contributed by atoms with E-state index < -0.39 is 10.0 Å². The Balaban J connectivity index is 1.51. The van der Waals surface area contributed by atoms with Gasteiger partial charge in [0.2, 0.25) is 15.9 Å². The number of rotatable bonds is 8. The van der Waals surface area contributed by atoms with E-state index in [0.717, 1.165) is 37.7 Å². The third kappa shape index (κ3) is 5.28. The van der Waals surface area contributed by atoms with Crippen molar-refractivity contribution in [2.24, 2.45) is 17.6 Å². The number of nitrogens with two attached hydrogens (primary N) is 1. The van der Waals surface area contributed by atoms with Crippen molar-refractivity contribution in [3.8, 4) is 0 Å². The Morgan fingerprint density at radius 2 is 1.93 bits per heavy atom. The first-order valence-corrected chi connectivity index (χ1v) is 11.2. The maximum absolute atomic E-state index is 12.4. The van der Waals surface area contributed by atoms with Gasteiger partial charge in [0.1, 0.15) is 0 Å². The summed E-state index contributed by atoms with van der Waals surface area (Å²) in [4.78, 5) is 12.6. The lowest BCUT2D eigenvalue weighted by Gasteiger charge is -2.17. The van der Waals surface area contributed by atoms with Crippen LogP contribution in [0.1, 0.15) is 37.7 Å². The van der Waals surface area contributed by atoms with Crippen LogP contribution in [0.15, 0.2) is 29.2 Å². The van der Waals surface area contributed by atoms with Gasteiger partial charge in [0, 0.05) is 25.6 Å². The quantitative estimate of drug-likeness (QED) is 0.611.